The van der Waals surface area contributed by atoms with E-state index in [0.717, 1.165) is 6.08 Å². The van der Waals surface area contributed by atoms with E-state index in [4.69, 9.17) is 18.4 Å². The lowest BCUT2D eigenvalue weighted by molar-refractivity contribution is -0.167. The molecule has 4 fully saturated rings. The highest BCUT2D eigenvalue weighted by Crippen LogP contribution is 2.89. The molecule has 0 aromatic carbocycles. The van der Waals surface area contributed by atoms with Gasteiger partial charge in [-0.3, -0.25) is 13.8 Å². The van der Waals surface area contributed by atoms with Gasteiger partial charge in [0, 0.05) is 22.3 Å². The van der Waals surface area contributed by atoms with Crippen molar-refractivity contribution in [2.24, 2.45) is 16.2 Å². The number of esters is 2. The third-order valence-electron chi connectivity index (χ3n) is 7.01. The molecule has 0 aromatic rings. The lowest BCUT2D eigenvalue weighted by Crippen LogP contribution is -2.51. The Morgan fingerprint density at radius 2 is 1.90 bits per heavy atom. The third kappa shape index (κ3) is 2.56. The Labute approximate surface area is 171 Å². The Bertz CT molecular complexity index is 913. The van der Waals surface area contributed by atoms with E-state index < -0.39 is 62.4 Å². The average molecular weight is 444 g/mol. The molecule has 0 radical (unpaired) electrons. The predicted molar refractivity (Wildman–Crippen MR) is 93.8 cm³/mol. The molecule has 11 nitrogen and oxygen atoms in total. The van der Waals surface area contributed by atoms with Crippen LogP contribution >= 0.6 is 0 Å². The first-order valence-electron chi connectivity index (χ1n) is 9.24. The largest absolute Gasteiger partial charge is 0.468 e. The Balaban J connectivity index is 1.62. The lowest BCUT2D eigenvalue weighted by atomic mass is 9.74. The van der Waals surface area contributed by atoms with Gasteiger partial charge in [-0.05, 0) is 19.3 Å². The zero-order valence-electron chi connectivity index (χ0n) is 15.8. The minimum atomic E-state index is -4.05. The summed E-state index contributed by atoms with van der Waals surface area (Å²) in [5.74, 6) is -1.74. The molecule has 3 aliphatic carbocycles. The van der Waals surface area contributed by atoms with Crippen molar-refractivity contribution in [1.82, 2.24) is 0 Å². The number of carbonyl (C=O) groups excluding carboxylic acids is 4. The molecule has 1 aliphatic heterocycles. The van der Waals surface area contributed by atoms with Gasteiger partial charge in [0.05, 0.1) is 19.3 Å². The van der Waals surface area contributed by atoms with Crippen LogP contribution in [-0.4, -0.2) is 70.6 Å². The molecule has 1 spiro atoms. The highest BCUT2D eigenvalue weighted by molar-refractivity contribution is 7.87. The molecule has 4 aliphatic rings. The van der Waals surface area contributed by atoms with E-state index in [1.807, 2.05) is 0 Å². The Morgan fingerprint density at radius 1 is 1.17 bits per heavy atom. The minimum absolute atomic E-state index is 0.00197. The monoisotopic (exact) mass is 444 g/mol. The molecule has 164 valence electrons. The van der Waals surface area contributed by atoms with E-state index in [0.29, 0.717) is 19.3 Å². The van der Waals surface area contributed by atoms with Gasteiger partial charge in [0.2, 0.25) is 0 Å². The van der Waals surface area contributed by atoms with Crippen LogP contribution in [0.4, 0.5) is 0 Å². The molecule has 12 heteroatoms. The third-order valence-corrected chi connectivity index (χ3v) is 8.76. The fraction of sp³-hybridized carbons (Fsp3) is 0.667. The van der Waals surface area contributed by atoms with Crippen molar-refractivity contribution in [1.29, 1.82) is 0 Å². The van der Waals surface area contributed by atoms with Crippen LogP contribution in [0.5, 0.6) is 0 Å². The van der Waals surface area contributed by atoms with Crippen molar-refractivity contribution >= 4 is 35.0 Å². The summed E-state index contributed by atoms with van der Waals surface area (Å²) in [6.07, 6.45) is 0.111. The minimum Gasteiger partial charge on any atom is -0.468 e. The molecule has 0 N–H and O–H groups in total. The number of ether oxygens (including phenoxy) is 4. The number of hydrogen-bond acceptors (Lipinski definition) is 11. The summed E-state index contributed by atoms with van der Waals surface area (Å²) in [6.45, 7) is 3.08. The van der Waals surface area contributed by atoms with E-state index in [9.17, 15) is 27.6 Å². The van der Waals surface area contributed by atoms with Gasteiger partial charge in [-0.25, -0.2) is 9.59 Å². The molecular weight excluding hydrogens is 424 g/mol. The molecule has 30 heavy (non-hydrogen) atoms. The second-order valence-corrected chi connectivity index (χ2v) is 9.83. The zero-order chi connectivity index (χ0) is 21.8. The fourth-order valence-corrected chi connectivity index (χ4v) is 8.53. The first kappa shape index (κ1) is 20.8. The Kier molecular flexibility index (Phi) is 4.69. The molecule has 1 saturated heterocycles. The van der Waals surface area contributed by atoms with E-state index in [2.05, 4.69) is 11.3 Å². The van der Waals surface area contributed by atoms with Crippen LogP contribution in [0, 0.1) is 16.2 Å². The van der Waals surface area contributed by atoms with Crippen molar-refractivity contribution in [2.75, 3.05) is 19.8 Å². The van der Waals surface area contributed by atoms with Crippen LogP contribution in [0.3, 0.4) is 0 Å². The van der Waals surface area contributed by atoms with Gasteiger partial charge in [-0.1, -0.05) is 6.58 Å². The molecule has 1 heterocycles. The summed E-state index contributed by atoms with van der Waals surface area (Å²) in [4.78, 5) is 44.8. The van der Waals surface area contributed by atoms with E-state index in [1.165, 1.54) is 0 Å². The number of carbonyl (C=O) groups is 4. The highest BCUT2D eigenvalue weighted by atomic mass is 32.2. The van der Waals surface area contributed by atoms with Gasteiger partial charge in [0.25, 0.3) is 23.1 Å². The van der Waals surface area contributed by atoms with E-state index >= 15 is 0 Å². The molecule has 6 unspecified atom stereocenters. The number of hydrogen-bond donors (Lipinski definition) is 0. The first-order chi connectivity index (χ1) is 14.2. The lowest BCUT2D eigenvalue weighted by Gasteiger charge is -2.41. The average Bonchev–Trinajstić information content (AvgIpc) is 2.98. The molecule has 6 atom stereocenters. The van der Waals surface area contributed by atoms with Gasteiger partial charge in [-0.2, -0.15) is 8.42 Å². The highest BCUT2D eigenvalue weighted by Gasteiger charge is 2.98. The van der Waals surface area contributed by atoms with Gasteiger partial charge < -0.3 is 18.9 Å². The van der Waals surface area contributed by atoms with Crippen molar-refractivity contribution in [3.05, 3.63) is 12.7 Å². The second-order valence-electron chi connectivity index (χ2n) is 8.15. The van der Waals surface area contributed by atoms with Crippen LogP contribution in [0.2, 0.25) is 0 Å². The van der Waals surface area contributed by atoms with Crippen molar-refractivity contribution in [3.8, 4) is 0 Å². The molecule has 4 rings (SSSR count). The number of rotatable bonds is 11. The standard InChI is InChI=1S/C18H20O11S/c1-2-11(21)27-5-12(22)28-13-14-18-7-16(13,3-4-25-9-19)6-17(18,8-26-10-20)15(18)29-30(14,23)24/h2,9-10,13-15H,1,3-8H2. The van der Waals surface area contributed by atoms with Crippen LogP contribution < -0.4 is 0 Å². The van der Waals surface area contributed by atoms with Gasteiger partial charge >= 0.3 is 11.9 Å². The summed E-state index contributed by atoms with van der Waals surface area (Å²) in [7, 11) is -4.05. The second kappa shape index (κ2) is 6.77. The summed E-state index contributed by atoms with van der Waals surface area (Å²) in [6, 6.07) is 0. The molecule has 0 aromatic heterocycles. The summed E-state index contributed by atoms with van der Waals surface area (Å²) in [5.41, 5.74) is -2.35. The predicted octanol–water partition coefficient (Wildman–Crippen LogP) is -0.759. The van der Waals surface area contributed by atoms with Gasteiger partial charge in [-0.15, -0.1) is 0 Å². The van der Waals surface area contributed by atoms with E-state index in [-0.39, 0.29) is 26.1 Å². The summed E-state index contributed by atoms with van der Waals surface area (Å²) < 4.78 is 50.8. The smallest absolute Gasteiger partial charge is 0.344 e. The first-order valence-corrected chi connectivity index (χ1v) is 10.7. The van der Waals surface area contributed by atoms with Crippen molar-refractivity contribution < 1.29 is 50.7 Å². The van der Waals surface area contributed by atoms with Crippen LogP contribution in [0.1, 0.15) is 19.3 Å². The number of fused-ring (bicyclic) bond motifs is 2. The normalized spacial score (nSPS) is 40.7. The summed E-state index contributed by atoms with van der Waals surface area (Å²) in [5, 5.41) is -1.14. The zero-order valence-corrected chi connectivity index (χ0v) is 16.6. The maximum Gasteiger partial charge on any atom is 0.344 e. The SMILES string of the molecule is C=CC(=O)OCC(=O)OC1C2C34CC1(CCOC=O)CC3(COC=O)C4OS2(=O)=O. The summed E-state index contributed by atoms with van der Waals surface area (Å²) >= 11 is 0. The topological polar surface area (TPSA) is 149 Å². The maximum atomic E-state index is 12.7. The van der Waals surface area contributed by atoms with E-state index in [1.54, 1.807) is 0 Å². The molecule has 3 saturated carbocycles. The van der Waals surface area contributed by atoms with Gasteiger partial charge in [0.15, 0.2) is 6.61 Å². The molecule has 0 amide bonds. The van der Waals surface area contributed by atoms with Crippen molar-refractivity contribution in [2.45, 2.75) is 36.7 Å². The van der Waals surface area contributed by atoms with Crippen LogP contribution in [0.15, 0.2) is 12.7 Å². The fourth-order valence-electron chi connectivity index (χ4n) is 6.18. The maximum absolute atomic E-state index is 12.7. The van der Waals surface area contributed by atoms with Crippen LogP contribution in [0.25, 0.3) is 0 Å². The van der Waals surface area contributed by atoms with Gasteiger partial charge in [0.1, 0.15) is 11.4 Å². The Hall–Kier alpha value is -2.47. The Morgan fingerprint density at radius 3 is 2.57 bits per heavy atom. The molecule has 2 bridgehead atoms. The van der Waals surface area contributed by atoms with Crippen molar-refractivity contribution in [3.63, 3.8) is 0 Å². The van der Waals surface area contributed by atoms with Crippen LogP contribution in [-0.2, 0) is 52.4 Å². The molecular formula is C18H20O11S. The quantitative estimate of drug-likeness (QED) is 0.0988.